The molecular formula is C22H23N5O4S2. The number of nitrogens with one attached hydrogen (secondary N) is 1. The number of hydrazone groups is 1. The van der Waals surface area contributed by atoms with Crippen molar-refractivity contribution in [3.8, 4) is 11.3 Å². The maximum Gasteiger partial charge on any atom is 0.269 e. The van der Waals surface area contributed by atoms with Crippen LogP contribution in [-0.4, -0.2) is 41.9 Å². The maximum absolute atomic E-state index is 12.9. The number of rotatable bonds is 7. The number of nitro groups is 1. The average Bonchev–Trinajstić information content (AvgIpc) is 3.11. The summed E-state index contributed by atoms with van der Waals surface area (Å²) in [5, 5.41) is 17.3. The van der Waals surface area contributed by atoms with Gasteiger partial charge in [0.15, 0.2) is 0 Å². The molecule has 2 heterocycles. The van der Waals surface area contributed by atoms with E-state index in [2.05, 4.69) is 15.5 Å². The SMILES string of the molecule is O=[N+]([O-])c1ccc(/C=N/Nc2nc(-c3ccc(S(=O)(=O)N4CCCCCC4)cc3)cs2)cc1. The zero-order valence-corrected chi connectivity index (χ0v) is 19.4. The molecule has 4 rings (SSSR count). The van der Waals surface area contributed by atoms with Crippen molar-refractivity contribution in [2.75, 3.05) is 18.5 Å². The van der Waals surface area contributed by atoms with Crippen LogP contribution in [0.5, 0.6) is 0 Å². The summed E-state index contributed by atoms with van der Waals surface area (Å²) < 4.78 is 27.5. The van der Waals surface area contributed by atoms with Crippen LogP contribution in [0.25, 0.3) is 11.3 Å². The van der Waals surface area contributed by atoms with E-state index in [1.54, 1.807) is 46.9 Å². The van der Waals surface area contributed by atoms with Gasteiger partial charge >= 0.3 is 0 Å². The number of aromatic nitrogens is 1. The molecule has 9 nitrogen and oxygen atoms in total. The Balaban J connectivity index is 1.40. The van der Waals surface area contributed by atoms with Crippen LogP contribution in [0.2, 0.25) is 0 Å². The smallest absolute Gasteiger partial charge is 0.258 e. The molecule has 3 aromatic rings. The van der Waals surface area contributed by atoms with Crippen LogP contribution in [0, 0.1) is 10.1 Å². The summed E-state index contributed by atoms with van der Waals surface area (Å²) in [6, 6.07) is 12.9. The molecule has 0 saturated carbocycles. The second-order valence-corrected chi connectivity index (χ2v) is 10.4. The molecule has 1 fully saturated rings. The second kappa shape index (κ2) is 10.2. The molecule has 0 atom stereocenters. The van der Waals surface area contributed by atoms with Crippen molar-refractivity contribution >= 4 is 38.4 Å². The third-order valence-corrected chi connectivity index (χ3v) is 7.99. The normalized spacial score (nSPS) is 15.4. The average molecular weight is 486 g/mol. The molecule has 0 unspecified atom stereocenters. The lowest BCUT2D eigenvalue weighted by atomic mass is 10.2. The summed E-state index contributed by atoms with van der Waals surface area (Å²) in [4.78, 5) is 15.0. The summed E-state index contributed by atoms with van der Waals surface area (Å²) >= 11 is 1.37. The number of nitro benzene ring substituents is 1. The molecule has 11 heteroatoms. The Kier molecular flexibility index (Phi) is 7.11. The lowest BCUT2D eigenvalue weighted by Crippen LogP contribution is -2.31. The monoisotopic (exact) mass is 485 g/mol. The maximum atomic E-state index is 12.9. The van der Waals surface area contributed by atoms with E-state index in [-0.39, 0.29) is 5.69 Å². The summed E-state index contributed by atoms with van der Waals surface area (Å²) in [5.74, 6) is 0. The van der Waals surface area contributed by atoms with Gasteiger partial charge in [-0.05, 0) is 42.7 Å². The van der Waals surface area contributed by atoms with Crippen molar-refractivity contribution < 1.29 is 13.3 Å². The van der Waals surface area contributed by atoms with Gasteiger partial charge in [0, 0.05) is 36.2 Å². The van der Waals surface area contributed by atoms with Gasteiger partial charge in [-0.25, -0.2) is 13.4 Å². The van der Waals surface area contributed by atoms with Gasteiger partial charge in [0.05, 0.1) is 21.7 Å². The van der Waals surface area contributed by atoms with E-state index >= 15 is 0 Å². The number of thiazole rings is 1. The minimum atomic E-state index is -3.48. The first-order chi connectivity index (χ1) is 15.9. The molecular weight excluding hydrogens is 462 g/mol. The van der Waals surface area contributed by atoms with E-state index in [9.17, 15) is 18.5 Å². The molecule has 0 amide bonds. The molecule has 0 bridgehead atoms. The van der Waals surface area contributed by atoms with Crippen LogP contribution >= 0.6 is 11.3 Å². The zero-order valence-electron chi connectivity index (χ0n) is 17.8. The van der Waals surface area contributed by atoms with Crippen molar-refractivity contribution in [1.29, 1.82) is 0 Å². The number of anilines is 1. The van der Waals surface area contributed by atoms with Crippen LogP contribution in [0.15, 0.2) is 63.9 Å². The largest absolute Gasteiger partial charge is 0.269 e. The van der Waals surface area contributed by atoms with Crippen LogP contribution in [0.4, 0.5) is 10.8 Å². The van der Waals surface area contributed by atoms with Crippen LogP contribution < -0.4 is 5.43 Å². The van der Waals surface area contributed by atoms with Crippen LogP contribution in [-0.2, 0) is 10.0 Å². The van der Waals surface area contributed by atoms with Gasteiger partial charge in [0.25, 0.3) is 5.69 Å². The third-order valence-electron chi connectivity index (χ3n) is 5.33. The molecule has 1 N–H and O–H groups in total. The fraction of sp³-hybridized carbons (Fsp3) is 0.273. The highest BCUT2D eigenvalue weighted by molar-refractivity contribution is 7.89. The predicted octanol–water partition coefficient (Wildman–Crippen LogP) is 4.73. The highest BCUT2D eigenvalue weighted by Gasteiger charge is 2.25. The molecule has 0 aliphatic carbocycles. The standard InChI is InChI=1S/C22H23N5O4S2/c28-27(29)19-9-5-17(6-10-19)15-23-25-22-24-21(16-32-22)18-7-11-20(12-8-18)33(30,31)26-13-3-1-2-4-14-26/h5-12,15-16H,1-4,13-14H2,(H,24,25)/b23-15+. The number of nitrogens with zero attached hydrogens (tertiary/aromatic N) is 4. The van der Waals surface area contributed by atoms with E-state index in [0.29, 0.717) is 34.4 Å². The van der Waals surface area contributed by atoms with E-state index in [4.69, 9.17) is 0 Å². The summed E-state index contributed by atoms with van der Waals surface area (Å²) in [5.41, 5.74) is 5.11. The number of hydrogen-bond donors (Lipinski definition) is 1. The highest BCUT2D eigenvalue weighted by Crippen LogP contribution is 2.27. The molecule has 0 spiro atoms. The van der Waals surface area contributed by atoms with Crippen molar-refractivity contribution in [3.63, 3.8) is 0 Å². The van der Waals surface area contributed by atoms with E-state index in [1.165, 1.54) is 23.5 Å². The molecule has 1 saturated heterocycles. The van der Waals surface area contributed by atoms with Crippen LogP contribution in [0.3, 0.4) is 0 Å². The molecule has 1 aliphatic rings. The molecule has 1 aromatic heterocycles. The Morgan fingerprint density at radius 1 is 1.03 bits per heavy atom. The predicted molar refractivity (Wildman–Crippen MR) is 129 cm³/mol. The van der Waals surface area contributed by atoms with E-state index < -0.39 is 14.9 Å². The van der Waals surface area contributed by atoms with Gasteiger partial charge in [-0.3, -0.25) is 15.5 Å². The lowest BCUT2D eigenvalue weighted by molar-refractivity contribution is -0.384. The van der Waals surface area contributed by atoms with Crippen LogP contribution in [0.1, 0.15) is 31.2 Å². The molecule has 172 valence electrons. The Bertz CT molecular complexity index is 1230. The molecule has 33 heavy (non-hydrogen) atoms. The van der Waals surface area contributed by atoms with Gasteiger partial charge in [0.2, 0.25) is 15.2 Å². The van der Waals surface area contributed by atoms with Crippen molar-refractivity contribution in [2.24, 2.45) is 5.10 Å². The van der Waals surface area contributed by atoms with Crippen molar-refractivity contribution in [2.45, 2.75) is 30.6 Å². The summed E-state index contributed by atoms with van der Waals surface area (Å²) in [7, 11) is -3.48. The fourth-order valence-corrected chi connectivity index (χ4v) is 5.72. The number of benzene rings is 2. The van der Waals surface area contributed by atoms with Gasteiger partial charge in [0.1, 0.15) is 0 Å². The Hall–Kier alpha value is -3.15. The van der Waals surface area contributed by atoms with Gasteiger partial charge in [-0.2, -0.15) is 9.41 Å². The highest BCUT2D eigenvalue weighted by atomic mass is 32.2. The first-order valence-electron chi connectivity index (χ1n) is 10.5. The Morgan fingerprint density at radius 2 is 1.70 bits per heavy atom. The Labute approximate surface area is 196 Å². The Morgan fingerprint density at radius 3 is 2.33 bits per heavy atom. The first kappa shape index (κ1) is 23.0. The minimum absolute atomic E-state index is 0.0231. The third kappa shape index (κ3) is 5.62. The second-order valence-electron chi connectivity index (χ2n) is 7.60. The van der Waals surface area contributed by atoms with E-state index in [0.717, 1.165) is 31.2 Å². The van der Waals surface area contributed by atoms with E-state index in [1.807, 2.05) is 5.38 Å². The van der Waals surface area contributed by atoms with Gasteiger partial charge in [-0.15, -0.1) is 11.3 Å². The number of hydrogen-bond acceptors (Lipinski definition) is 8. The topological polar surface area (TPSA) is 118 Å². The van der Waals surface area contributed by atoms with Gasteiger partial charge in [-0.1, -0.05) is 25.0 Å². The van der Waals surface area contributed by atoms with Crippen molar-refractivity contribution in [3.05, 3.63) is 69.6 Å². The summed E-state index contributed by atoms with van der Waals surface area (Å²) in [6.45, 7) is 1.15. The zero-order chi connectivity index (χ0) is 23.3. The fourth-order valence-electron chi connectivity index (χ4n) is 3.53. The lowest BCUT2D eigenvalue weighted by Gasteiger charge is -2.19. The quantitative estimate of drug-likeness (QED) is 0.294. The first-order valence-corrected chi connectivity index (χ1v) is 12.8. The van der Waals surface area contributed by atoms with Gasteiger partial charge < -0.3 is 0 Å². The number of non-ortho nitro benzene ring substituents is 1. The molecule has 2 aromatic carbocycles. The minimum Gasteiger partial charge on any atom is -0.258 e. The summed E-state index contributed by atoms with van der Waals surface area (Å²) in [6.07, 6.45) is 5.50. The number of sulfonamides is 1. The molecule has 0 radical (unpaired) electrons. The van der Waals surface area contributed by atoms with Crippen molar-refractivity contribution in [1.82, 2.24) is 9.29 Å². The molecule has 1 aliphatic heterocycles.